The molecule has 1 aromatic rings. The van der Waals surface area contributed by atoms with Gasteiger partial charge in [0.1, 0.15) is 6.61 Å². The summed E-state index contributed by atoms with van der Waals surface area (Å²) in [5, 5.41) is 8.80. The number of esters is 1. The van der Waals surface area contributed by atoms with E-state index in [1.807, 2.05) is 0 Å². The van der Waals surface area contributed by atoms with Crippen molar-refractivity contribution in [2.45, 2.75) is 6.61 Å². The zero-order valence-electron chi connectivity index (χ0n) is 8.97. The molecule has 0 radical (unpaired) electrons. The molecule has 0 aliphatic heterocycles. The molecule has 17 heavy (non-hydrogen) atoms. The number of hydrogen-bond acceptors (Lipinski definition) is 5. The van der Waals surface area contributed by atoms with Crippen LogP contribution >= 0.6 is 0 Å². The predicted octanol–water partition coefficient (Wildman–Crippen LogP) is 0.778. The quantitative estimate of drug-likeness (QED) is 0.404. The van der Waals surface area contributed by atoms with E-state index < -0.39 is 11.9 Å². The summed E-state index contributed by atoms with van der Waals surface area (Å²) in [6, 6.07) is 2.76. The Kier molecular flexibility index (Phi) is 3.71. The predicted molar refractivity (Wildman–Crippen MR) is 62.2 cm³/mol. The standard InChI is InChI=1S/C11H12N2O4/c1-2-8(14)17-5-6-3-4-7(11(15)16)10(13)9(6)12/h2-4H,1,5,12-13H2,(H,15,16). The minimum absolute atomic E-state index is 0.0374. The summed E-state index contributed by atoms with van der Waals surface area (Å²) in [5.41, 5.74) is 11.6. The van der Waals surface area contributed by atoms with Gasteiger partial charge in [-0.25, -0.2) is 9.59 Å². The monoisotopic (exact) mass is 236 g/mol. The Hall–Kier alpha value is -2.50. The molecule has 6 nitrogen and oxygen atoms in total. The average molecular weight is 236 g/mol. The van der Waals surface area contributed by atoms with Crippen LogP contribution in [-0.2, 0) is 16.1 Å². The third-order valence-corrected chi connectivity index (χ3v) is 2.14. The Labute approximate surface area is 97.5 Å². The molecule has 0 saturated carbocycles. The fourth-order valence-corrected chi connectivity index (χ4v) is 1.20. The largest absolute Gasteiger partial charge is 0.478 e. The van der Waals surface area contributed by atoms with Gasteiger partial charge in [0, 0.05) is 11.6 Å². The number of carbonyl (C=O) groups excluding carboxylic acids is 1. The highest BCUT2D eigenvalue weighted by molar-refractivity contribution is 5.97. The molecule has 90 valence electrons. The van der Waals surface area contributed by atoms with E-state index in [2.05, 4.69) is 6.58 Å². The highest BCUT2D eigenvalue weighted by Crippen LogP contribution is 2.25. The number of hydrogen-bond donors (Lipinski definition) is 3. The number of anilines is 2. The number of nitrogen functional groups attached to an aromatic ring is 2. The molecule has 0 aliphatic carbocycles. The lowest BCUT2D eigenvalue weighted by Gasteiger charge is -2.10. The molecule has 5 N–H and O–H groups in total. The lowest BCUT2D eigenvalue weighted by molar-refractivity contribution is -0.138. The lowest BCUT2D eigenvalue weighted by atomic mass is 10.1. The van der Waals surface area contributed by atoms with Gasteiger partial charge in [-0.15, -0.1) is 0 Å². The molecule has 0 bridgehead atoms. The van der Waals surface area contributed by atoms with Crippen LogP contribution in [0.25, 0.3) is 0 Å². The zero-order chi connectivity index (χ0) is 13.0. The summed E-state index contributed by atoms with van der Waals surface area (Å²) < 4.78 is 4.77. The molecule has 0 spiro atoms. The molecule has 0 saturated heterocycles. The first-order valence-corrected chi connectivity index (χ1v) is 4.66. The van der Waals surface area contributed by atoms with E-state index in [9.17, 15) is 9.59 Å². The number of aromatic carboxylic acids is 1. The normalized spacial score (nSPS) is 9.65. The first-order chi connectivity index (χ1) is 7.97. The van der Waals surface area contributed by atoms with Gasteiger partial charge in [0.15, 0.2) is 0 Å². The van der Waals surface area contributed by atoms with Crippen LogP contribution in [-0.4, -0.2) is 17.0 Å². The van der Waals surface area contributed by atoms with Gasteiger partial charge in [0.25, 0.3) is 0 Å². The van der Waals surface area contributed by atoms with Gasteiger partial charge in [0.2, 0.25) is 0 Å². The number of rotatable bonds is 4. The molecule has 0 aliphatic rings. The van der Waals surface area contributed by atoms with E-state index >= 15 is 0 Å². The smallest absolute Gasteiger partial charge is 0.337 e. The van der Waals surface area contributed by atoms with E-state index in [0.717, 1.165) is 6.08 Å². The van der Waals surface area contributed by atoms with Crippen molar-refractivity contribution in [1.82, 2.24) is 0 Å². The van der Waals surface area contributed by atoms with Crippen LogP contribution in [0.3, 0.4) is 0 Å². The first-order valence-electron chi connectivity index (χ1n) is 4.66. The summed E-state index contributed by atoms with van der Waals surface area (Å²) in [6.45, 7) is 3.16. The van der Waals surface area contributed by atoms with Crippen molar-refractivity contribution in [2.24, 2.45) is 0 Å². The van der Waals surface area contributed by atoms with Crippen molar-refractivity contribution in [2.75, 3.05) is 11.5 Å². The molecule has 1 rings (SSSR count). The second-order valence-corrected chi connectivity index (χ2v) is 3.22. The summed E-state index contributed by atoms with van der Waals surface area (Å²) in [6.07, 6.45) is 1.02. The molecule has 0 fully saturated rings. The van der Waals surface area contributed by atoms with Gasteiger partial charge in [-0.05, 0) is 6.07 Å². The summed E-state index contributed by atoms with van der Waals surface area (Å²) >= 11 is 0. The third kappa shape index (κ3) is 2.75. The van der Waals surface area contributed by atoms with Crippen LogP contribution in [0.1, 0.15) is 15.9 Å². The number of carboxylic acid groups (broad SMARTS) is 1. The molecule has 0 aromatic heterocycles. The van der Waals surface area contributed by atoms with Crippen LogP contribution in [0.2, 0.25) is 0 Å². The maximum atomic E-state index is 10.9. The van der Waals surface area contributed by atoms with E-state index in [1.165, 1.54) is 12.1 Å². The first kappa shape index (κ1) is 12.6. The third-order valence-electron chi connectivity index (χ3n) is 2.14. The van der Waals surface area contributed by atoms with Gasteiger partial charge in [0.05, 0.1) is 16.9 Å². The van der Waals surface area contributed by atoms with E-state index in [4.69, 9.17) is 21.3 Å². The fraction of sp³-hybridized carbons (Fsp3) is 0.0909. The molecule has 0 amide bonds. The minimum atomic E-state index is -1.16. The van der Waals surface area contributed by atoms with E-state index in [0.29, 0.717) is 5.56 Å². The van der Waals surface area contributed by atoms with Crippen LogP contribution in [0.4, 0.5) is 11.4 Å². The lowest BCUT2D eigenvalue weighted by Crippen LogP contribution is -2.09. The molecule has 0 unspecified atom stereocenters. The average Bonchev–Trinajstić information content (AvgIpc) is 2.30. The molecule has 0 atom stereocenters. The molecule has 0 heterocycles. The van der Waals surface area contributed by atoms with Crippen molar-refractivity contribution in [3.63, 3.8) is 0 Å². The Balaban J connectivity index is 2.96. The number of ether oxygens (including phenoxy) is 1. The van der Waals surface area contributed by atoms with Crippen molar-refractivity contribution >= 4 is 23.3 Å². The second-order valence-electron chi connectivity index (χ2n) is 3.22. The SMILES string of the molecule is C=CC(=O)OCc1ccc(C(=O)O)c(N)c1N. The van der Waals surface area contributed by atoms with Gasteiger partial charge in [-0.1, -0.05) is 12.6 Å². The Morgan fingerprint density at radius 3 is 2.53 bits per heavy atom. The second kappa shape index (κ2) is 5.02. The molecule has 1 aromatic carbocycles. The van der Waals surface area contributed by atoms with Crippen molar-refractivity contribution in [3.8, 4) is 0 Å². The number of nitrogens with two attached hydrogens (primary N) is 2. The van der Waals surface area contributed by atoms with E-state index in [-0.39, 0.29) is 23.5 Å². The van der Waals surface area contributed by atoms with Crippen molar-refractivity contribution in [3.05, 3.63) is 35.9 Å². The number of benzene rings is 1. The summed E-state index contributed by atoms with van der Waals surface area (Å²) in [4.78, 5) is 21.6. The Morgan fingerprint density at radius 2 is 2.00 bits per heavy atom. The number of carbonyl (C=O) groups is 2. The van der Waals surface area contributed by atoms with Crippen LogP contribution < -0.4 is 11.5 Å². The highest BCUT2D eigenvalue weighted by Gasteiger charge is 2.13. The maximum Gasteiger partial charge on any atom is 0.337 e. The van der Waals surface area contributed by atoms with Gasteiger partial charge < -0.3 is 21.3 Å². The van der Waals surface area contributed by atoms with Gasteiger partial charge in [-0.3, -0.25) is 0 Å². The molecular weight excluding hydrogens is 224 g/mol. The zero-order valence-corrected chi connectivity index (χ0v) is 8.97. The Morgan fingerprint density at radius 1 is 1.35 bits per heavy atom. The fourth-order valence-electron chi connectivity index (χ4n) is 1.20. The molecule has 6 heteroatoms. The highest BCUT2D eigenvalue weighted by atomic mass is 16.5. The maximum absolute atomic E-state index is 10.9. The van der Waals surface area contributed by atoms with Crippen molar-refractivity contribution < 1.29 is 19.4 Å². The van der Waals surface area contributed by atoms with Crippen LogP contribution in [0.15, 0.2) is 24.8 Å². The minimum Gasteiger partial charge on any atom is -0.478 e. The van der Waals surface area contributed by atoms with E-state index in [1.54, 1.807) is 0 Å². The van der Waals surface area contributed by atoms with Gasteiger partial charge in [-0.2, -0.15) is 0 Å². The number of carboxylic acids is 1. The topological polar surface area (TPSA) is 116 Å². The Bertz CT molecular complexity index is 483. The van der Waals surface area contributed by atoms with Crippen LogP contribution in [0.5, 0.6) is 0 Å². The van der Waals surface area contributed by atoms with Crippen LogP contribution in [0, 0.1) is 0 Å². The van der Waals surface area contributed by atoms with Crippen molar-refractivity contribution in [1.29, 1.82) is 0 Å². The molecular formula is C11H12N2O4. The summed E-state index contributed by atoms with van der Waals surface area (Å²) in [5.74, 6) is -1.76. The van der Waals surface area contributed by atoms with Gasteiger partial charge >= 0.3 is 11.9 Å². The summed E-state index contributed by atoms with van der Waals surface area (Å²) in [7, 11) is 0.